The molecule has 0 radical (unpaired) electrons. The number of rotatable bonds is 41. The number of nitrogens with two attached hydrogens (primary N) is 2. The van der Waals surface area contributed by atoms with Crippen LogP contribution in [0.4, 0.5) is 0 Å². The first-order chi connectivity index (χ1) is 38.5. The number of carboxylic acids is 7. The lowest BCUT2D eigenvalue weighted by molar-refractivity contribution is -0.145. The smallest absolute Gasteiger partial charge is 0.326 e. The normalized spacial score (nSPS) is 14.3. The Bertz CT molecular complexity index is 2490. The van der Waals surface area contributed by atoms with Crippen LogP contribution < -0.4 is 64.6 Å². The van der Waals surface area contributed by atoms with Gasteiger partial charge in [0.25, 0.3) is 0 Å². The standard InChI is InChI=1S/C43H62N12O28/c1-15(58)46-19(8-26(44)59)36(75)52-23(12-33(71)72)40(79)55-24(13-56)41(80)48-17(3-6-29(63)64)35(74)51-22(11-32(69)70)39(78)50-20(9-27(45)60)37(76)54-25(14-57)42(81)53-21(10-31(67)68)38(77)47-16(2-5-28(61)62)34(73)49-18(43(82)83)4-7-30(65)66/h16-25,56-57H,2-14H2,1H3,(H2,44,59)(H2,45,60)(H,46,58)(H,47,77)(H,48,80)(H,49,73)(H,50,78)(H,51,74)(H,52,75)(H,53,81)(H,54,76)(H,55,79)(H,61,62)(H,63,64)(H,65,66)(H,67,68)(H,69,70)(H,71,72)(H,82,83)/t16-,17-,18-,19-,20-,21-,22-,23-,24-,25-/m1/s1. The molecule has 0 aliphatic rings. The first-order valence-electron chi connectivity index (χ1n) is 23.8. The van der Waals surface area contributed by atoms with Crippen LogP contribution in [0.15, 0.2) is 0 Å². The highest BCUT2D eigenvalue weighted by atomic mass is 16.4. The second-order valence-corrected chi connectivity index (χ2v) is 17.4. The zero-order chi connectivity index (χ0) is 64.0. The van der Waals surface area contributed by atoms with Gasteiger partial charge in [0.05, 0.1) is 45.3 Å². The van der Waals surface area contributed by atoms with E-state index in [2.05, 4.69) is 0 Å². The maximum atomic E-state index is 13.6. The molecule has 0 spiro atoms. The average Bonchev–Trinajstić information content (AvgIpc) is 3.44. The Morgan fingerprint density at radius 3 is 0.723 bits per heavy atom. The largest absolute Gasteiger partial charge is 0.481 e. The van der Waals surface area contributed by atoms with Crippen LogP contribution in [0.2, 0.25) is 0 Å². The Hall–Kier alpha value is -10.1. The molecule has 83 heavy (non-hydrogen) atoms. The summed E-state index contributed by atoms with van der Waals surface area (Å²) < 4.78 is 0. The van der Waals surface area contributed by atoms with Gasteiger partial charge in [-0.05, 0) is 19.3 Å². The Kier molecular flexibility index (Phi) is 31.8. The van der Waals surface area contributed by atoms with E-state index < -0.39 is 257 Å². The van der Waals surface area contributed by atoms with Crippen molar-refractivity contribution in [1.29, 1.82) is 0 Å². The minimum absolute atomic E-state index is 0.702. The lowest BCUT2D eigenvalue weighted by Gasteiger charge is -2.27. The van der Waals surface area contributed by atoms with E-state index in [1.165, 1.54) is 0 Å². The number of carbonyl (C=O) groups is 19. The molecule has 0 saturated carbocycles. The molecule has 23 N–H and O–H groups in total. The van der Waals surface area contributed by atoms with Crippen molar-refractivity contribution >= 4 is 113 Å². The van der Waals surface area contributed by atoms with E-state index in [1.807, 2.05) is 53.2 Å². The number of aliphatic hydroxyl groups excluding tert-OH is 2. The third-order valence-corrected chi connectivity index (χ3v) is 10.6. The van der Waals surface area contributed by atoms with Crippen LogP contribution in [-0.2, 0) is 91.1 Å². The van der Waals surface area contributed by atoms with Gasteiger partial charge in [-0.25, -0.2) is 4.79 Å². The van der Waals surface area contributed by atoms with Crippen molar-refractivity contribution in [3.8, 4) is 0 Å². The van der Waals surface area contributed by atoms with E-state index in [9.17, 15) is 132 Å². The molecule has 0 aromatic heterocycles. The van der Waals surface area contributed by atoms with Crippen molar-refractivity contribution in [3.63, 3.8) is 0 Å². The van der Waals surface area contributed by atoms with E-state index in [0.717, 1.165) is 6.92 Å². The number of carbonyl (C=O) groups excluding carboxylic acids is 12. The maximum absolute atomic E-state index is 13.6. The summed E-state index contributed by atoms with van der Waals surface area (Å²) in [5.41, 5.74) is 10.3. The SMILES string of the molecule is CC(=O)N[C@H](CC(N)=O)C(=O)N[C@H](CC(=O)O)C(=O)N[C@H](CO)C(=O)N[C@H](CCC(=O)O)C(=O)N[C@H](CC(=O)O)C(=O)N[C@H](CC(N)=O)C(=O)N[C@H](CO)C(=O)N[C@H](CC(=O)O)C(=O)N[C@H](CCC(=O)O)C(=O)N[C@H](CCC(=O)O)C(=O)O. The molecule has 10 atom stereocenters. The van der Waals surface area contributed by atoms with Crippen molar-refractivity contribution in [2.24, 2.45) is 11.5 Å². The third kappa shape index (κ3) is 29.6. The summed E-state index contributed by atoms with van der Waals surface area (Å²) in [6, 6.07) is -21.3. The molecule has 0 saturated heterocycles. The quantitative estimate of drug-likeness (QED) is 0.0270. The van der Waals surface area contributed by atoms with E-state index in [1.54, 1.807) is 0 Å². The highest BCUT2D eigenvalue weighted by Crippen LogP contribution is 2.08. The topological polar surface area (TPSA) is 679 Å². The number of carboxylic acid groups (broad SMARTS) is 7. The van der Waals surface area contributed by atoms with Crippen molar-refractivity contribution in [2.75, 3.05) is 13.2 Å². The fourth-order valence-corrected chi connectivity index (χ4v) is 6.66. The summed E-state index contributed by atoms with van der Waals surface area (Å²) in [5.74, 6) is -29.3. The van der Waals surface area contributed by atoms with Crippen LogP contribution in [0.5, 0.6) is 0 Å². The molecule has 0 bridgehead atoms. The van der Waals surface area contributed by atoms with Crippen LogP contribution in [0.1, 0.15) is 77.6 Å². The number of aliphatic carboxylic acids is 7. The number of hydrogen-bond acceptors (Lipinski definition) is 21. The fraction of sp³-hybridized carbons (Fsp3) is 0.558. The van der Waals surface area contributed by atoms with Gasteiger partial charge in [0.1, 0.15) is 60.4 Å². The van der Waals surface area contributed by atoms with Crippen LogP contribution in [-0.4, -0.2) is 232 Å². The molecule has 0 heterocycles. The van der Waals surface area contributed by atoms with Crippen LogP contribution in [0, 0.1) is 0 Å². The fourth-order valence-electron chi connectivity index (χ4n) is 6.66. The third-order valence-electron chi connectivity index (χ3n) is 10.6. The zero-order valence-corrected chi connectivity index (χ0v) is 43.4. The van der Waals surface area contributed by atoms with Gasteiger partial charge in [0, 0.05) is 26.2 Å². The summed E-state index contributed by atoms with van der Waals surface area (Å²) in [5, 5.41) is 104. The van der Waals surface area contributed by atoms with Crippen molar-refractivity contribution in [1.82, 2.24) is 53.2 Å². The molecule has 0 aliphatic carbocycles. The Morgan fingerprint density at radius 2 is 0.494 bits per heavy atom. The van der Waals surface area contributed by atoms with Gasteiger partial charge in [-0.3, -0.25) is 86.3 Å². The molecule has 462 valence electrons. The average molecular weight is 1200 g/mol. The number of primary amides is 2. The summed E-state index contributed by atoms with van der Waals surface area (Å²) in [6.45, 7) is -1.91. The minimum atomic E-state index is -2.37. The number of amides is 12. The van der Waals surface area contributed by atoms with Gasteiger partial charge in [0.15, 0.2) is 0 Å². The first kappa shape index (κ1) is 72.8. The number of aliphatic hydroxyl groups is 2. The summed E-state index contributed by atoms with van der Waals surface area (Å²) in [6.07, 6.45) is -11.2. The van der Waals surface area contributed by atoms with Crippen molar-refractivity contribution in [3.05, 3.63) is 0 Å². The number of nitrogens with one attached hydrogen (secondary N) is 10. The van der Waals surface area contributed by atoms with Crippen molar-refractivity contribution in [2.45, 2.75) is 138 Å². The minimum Gasteiger partial charge on any atom is -0.481 e. The molecule has 40 heteroatoms. The van der Waals surface area contributed by atoms with Crippen LogP contribution in [0.25, 0.3) is 0 Å². The van der Waals surface area contributed by atoms with Crippen LogP contribution in [0.3, 0.4) is 0 Å². The van der Waals surface area contributed by atoms with E-state index >= 15 is 0 Å². The van der Waals surface area contributed by atoms with Crippen LogP contribution >= 0.6 is 0 Å². The molecule has 0 aliphatic heterocycles. The Labute approximate surface area is 464 Å². The lowest BCUT2D eigenvalue weighted by atomic mass is 10.1. The highest BCUT2D eigenvalue weighted by Gasteiger charge is 2.38. The summed E-state index contributed by atoms with van der Waals surface area (Å²) in [4.78, 5) is 236. The summed E-state index contributed by atoms with van der Waals surface area (Å²) in [7, 11) is 0. The Balaban J connectivity index is 6.69. The predicted octanol–water partition coefficient (Wildman–Crippen LogP) is -11.3. The molecule has 0 unspecified atom stereocenters. The molecule has 0 aromatic rings. The van der Waals surface area contributed by atoms with Gasteiger partial charge in [0.2, 0.25) is 70.9 Å². The summed E-state index contributed by atoms with van der Waals surface area (Å²) >= 11 is 0. The maximum Gasteiger partial charge on any atom is 0.326 e. The molecular formula is C43H62N12O28. The molecule has 0 fully saturated rings. The van der Waals surface area contributed by atoms with Gasteiger partial charge in [-0.15, -0.1) is 0 Å². The van der Waals surface area contributed by atoms with Crippen molar-refractivity contribution < 1.29 is 137 Å². The van der Waals surface area contributed by atoms with Gasteiger partial charge < -0.3 is 111 Å². The van der Waals surface area contributed by atoms with E-state index in [-0.39, 0.29) is 0 Å². The second-order valence-electron chi connectivity index (χ2n) is 17.4. The highest BCUT2D eigenvalue weighted by molar-refractivity contribution is 6.01. The Morgan fingerprint density at radius 1 is 0.289 bits per heavy atom. The van der Waals surface area contributed by atoms with E-state index in [4.69, 9.17) is 16.6 Å². The molecule has 0 aromatic carbocycles. The lowest BCUT2D eigenvalue weighted by Crippen LogP contribution is -2.62. The molecule has 0 rings (SSSR count). The molecular weight excluding hydrogens is 1130 g/mol. The first-order valence-corrected chi connectivity index (χ1v) is 23.8. The van der Waals surface area contributed by atoms with Gasteiger partial charge in [-0.1, -0.05) is 0 Å². The van der Waals surface area contributed by atoms with Gasteiger partial charge >= 0.3 is 41.8 Å². The second kappa shape index (κ2) is 36.2. The molecule has 12 amide bonds. The predicted molar refractivity (Wildman–Crippen MR) is 262 cm³/mol. The van der Waals surface area contributed by atoms with E-state index in [0.29, 0.717) is 0 Å². The monoisotopic (exact) mass is 1190 g/mol. The zero-order valence-electron chi connectivity index (χ0n) is 43.4. The molecule has 40 nitrogen and oxygen atoms in total. The number of hydrogen-bond donors (Lipinski definition) is 21. The van der Waals surface area contributed by atoms with Gasteiger partial charge in [-0.2, -0.15) is 0 Å².